The predicted molar refractivity (Wildman–Crippen MR) is 147 cm³/mol. The smallest absolute Gasteiger partial charge is 0.247 e. The summed E-state index contributed by atoms with van der Waals surface area (Å²) in [4.78, 5) is 28.6. The Morgan fingerprint density at radius 2 is 1.79 bits per heavy atom. The van der Waals surface area contributed by atoms with Crippen LogP contribution in [0.15, 0.2) is 60.2 Å². The number of hydrogen-bond acceptors (Lipinski definition) is 5. The van der Waals surface area contributed by atoms with Crippen LogP contribution in [0, 0.1) is 0 Å². The van der Waals surface area contributed by atoms with Crippen molar-refractivity contribution in [3.05, 3.63) is 76.3 Å². The standard InChI is InChI=1S/C30H37ClN2O5/c1-2-3-4-5-6-11-26(35)33(19-20-12-14-21(31)15-13-20)24-18-23(30(37)32-16-17-34)27-22-9-7-8-10-25(22)38-29(27)28(24)36/h7-10,12-15,18,24,27-29,34,36H,2-6,11,16-17,19H2,1H3,(H,32,37). The third kappa shape index (κ3) is 6.40. The van der Waals surface area contributed by atoms with Crippen molar-refractivity contribution in [2.75, 3.05) is 13.2 Å². The topological polar surface area (TPSA) is 99.1 Å². The molecule has 4 atom stereocenters. The van der Waals surface area contributed by atoms with Gasteiger partial charge in [0.05, 0.1) is 18.6 Å². The lowest BCUT2D eigenvalue weighted by Crippen LogP contribution is -2.55. The SMILES string of the molecule is CCCCCCCC(=O)N(Cc1ccc(Cl)cc1)C1C=C(C(=O)NCCO)C2c3ccccc3OC2C1O. The van der Waals surface area contributed by atoms with Crippen molar-refractivity contribution in [2.45, 2.75) is 76.2 Å². The van der Waals surface area contributed by atoms with Gasteiger partial charge in [0.15, 0.2) is 0 Å². The number of rotatable bonds is 12. The Labute approximate surface area is 229 Å². The number of halogens is 1. The summed E-state index contributed by atoms with van der Waals surface area (Å²) in [6, 6.07) is 14.0. The van der Waals surface area contributed by atoms with Crippen LogP contribution in [0.2, 0.25) is 5.02 Å². The third-order valence-corrected chi connectivity index (χ3v) is 7.57. The fraction of sp³-hybridized carbons (Fsp3) is 0.467. The minimum absolute atomic E-state index is 0.0826. The van der Waals surface area contributed by atoms with Gasteiger partial charge < -0.3 is 25.2 Å². The second kappa shape index (κ2) is 13.3. The maximum absolute atomic E-state index is 13.6. The van der Waals surface area contributed by atoms with Crippen LogP contribution in [0.25, 0.3) is 0 Å². The van der Waals surface area contributed by atoms with Gasteiger partial charge in [0.1, 0.15) is 18.0 Å². The van der Waals surface area contributed by atoms with E-state index in [4.69, 9.17) is 16.3 Å². The van der Waals surface area contributed by atoms with E-state index in [1.807, 2.05) is 36.4 Å². The normalized spacial score (nSPS) is 21.6. The molecule has 1 aliphatic carbocycles. The Balaban J connectivity index is 1.67. The first-order valence-corrected chi connectivity index (χ1v) is 13.9. The summed E-state index contributed by atoms with van der Waals surface area (Å²) in [6.07, 6.45) is 5.39. The van der Waals surface area contributed by atoms with Crippen LogP contribution in [-0.4, -0.2) is 58.3 Å². The average Bonchev–Trinajstić information content (AvgIpc) is 3.32. The van der Waals surface area contributed by atoms with Crippen molar-refractivity contribution in [2.24, 2.45) is 0 Å². The average molecular weight is 541 g/mol. The molecule has 4 unspecified atom stereocenters. The Kier molecular flexibility index (Phi) is 9.83. The molecule has 2 aliphatic rings. The quantitative estimate of drug-likeness (QED) is 0.348. The molecule has 2 aromatic rings. The zero-order valence-electron chi connectivity index (χ0n) is 21.8. The zero-order chi connectivity index (χ0) is 27.1. The van der Waals surface area contributed by atoms with Crippen LogP contribution in [0.4, 0.5) is 0 Å². The number of unbranched alkanes of at least 4 members (excludes halogenated alkanes) is 4. The number of ether oxygens (including phenoxy) is 1. The van der Waals surface area contributed by atoms with Crippen LogP contribution in [0.3, 0.4) is 0 Å². The number of nitrogens with zero attached hydrogens (tertiary/aromatic N) is 1. The summed E-state index contributed by atoms with van der Waals surface area (Å²) >= 11 is 6.08. The maximum atomic E-state index is 13.6. The number of benzene rings is 2. The maximum Gasteiger partial charge on any atom is 0.247 e. The molecule has 204 valence electrons. The van der Waals surface area contributed by atoms with Crippen molar-refractivity contribution in [3.63, 3.8) is 0 Å². The van der Waals surface area contributed by atoms with Crippen molar-refractivity contribution < 1.29 is 24.5 Å². The summed E-state index contributed by atoms with van der Waals surface area (Å²) < 4.78 is 6.18. The highest BCUT2D eigenvalue weighted by Crippen LogP contribution is 2.47. The fourth-order valence-electron chi connectivity index (χ4n) is 5.36. The first kappa shape index (κ1) is 28.1. The van der Waals surface area contributed by atoms with Gasteiger partial charge in [-0.05, 0) is 36.3 Å². The summed E-state index contributed by atoms with van der Waals surface area (Å²) in [5, 5.41) is 24.2. The van der Waals surface area contributed by atoms with E-state index < -0.39 is 24.2 Å². The Hall–Kier alpha value is -2.87. The molecule has 2 aromatic carbocycles. The van der Waals surface area contributed by atoms with E-state index in [-0.39, 0.29) is 31.5 Å². The van der Waals surface area contributed by atoms with Gasteiger partial charge in [0.25, 0.3) is 0 Å². The van der Waals surface area contributed by atoms with Crippen LogP contribution in [0.1, 0.15) is 62.5 Å². The third-order valence-electron chi connectivity index (χ3n) is 7.32. The van der Waals surface area contributed by atoms with Crippen molar-refractivity contribution in [3.8, 4) is 5.75 Å². The first-order chi connectivity index (χ1) is 18.4. The molecule has 1 aliphatic heterocycles. The monoisotopic (exact) mass is 540 g/mol. The van der Waals surface area contributed by atoms with Gasteiger partial charge in [0.2, 0.25) is 11.8 Å². The second-order valence-corrected chi connectivity index (χ2v) is 10.4. The molecular weight excluding hydrogens is 504 g/mol. The van der Waals surface area contributed by atoms with Crippen molar-refractivity contribution >= 4 is 23.4 Å². The van der Waals surface area contributed by atoms with Crippen LogP contribution < -0.4 is 10.1 Å². The number of para-hydroxylation sites is 1. The molecule has 2 amide bonds. The highest BCUT2D eigenvalue weighted by molar-refractivity contribution is 6.30. The van der Waals surface area contributed by atoms with Gasteiger partial charge in [-0.2, -0.15) is 0 Å². The van der Waals surface area contributed by atoms with Crippen LogP contribution >= 0.6 is 11.6 Å². The Morgan fingerprint density at radius 3 is 2.53 bits per heavy atom. The fourth-order valence-corrected chi connectivity index (χ4v) is 5.49. The van der Waals surface area contributed by atoms with E-state index in [9.17, 15) is 19.8 Å². The second-order valence-electron chi connectivity index (χ2n) is 9.99. The molecule has 7 nitrogen and oxygen atoms in total. The molecule has 0 saturated heterocycles. The molecule has 38 heavy (non-hydrogen) atoms. The summed E-state index contributed by atoms with van der Waals surface area (Å²) in [6.45, 7) is 2.33. The minimum atomic E-state index is -1.04. The Bertz CT molecular complexity index is 1140. The molecule has 0 spiro atoms. The van der Waals surface area contributed by atoms with E-state index >= 15 is 0 Å². The van der Waals surface area contributed by atoms with Gasteiger partial charge in [-0.25, -0.2) is 0 Å². The number of aliphatic hydroxyl groups is 2. The van der Waals surface area contributed by atoms with Crippen molar-refractivity contribution in [1.29, 1.82) is 0 Å². The van der Waals surface area contributed by atoms with Crippen molar-refractivity contribution in [1.82, 2.24) is 10.2 Å². The molecule has 4 rings (SSSR count). The number of fused-ring (bicyclic) bond motifs is 3. The highest BCUT2D eigenvalue weighted by Gasteiger charge is 2.50. The number of carbonyl (C=O) groups is 2. The van der Waals surface area contributed by atoms with E-state index in [2.05, 4.69) is 12.2 Å². The predicted octanol–water partition coefficient (Wildman–Crippen LogP) is 4.35. The molecule has 3 N–H and O–H groups in total. The summed E-state index contributed by atoms with van der Waals surface area (Å²) in [5.41, 5.74) is 2.13. The van der Waals surface area contributed by atoms with Gasteiger partial charge in [-0.1, -0.05) is 74.5 Å². The molecule has 0 radical (unpaired) electrons. The van der Waals surface area contributed by atoms with E-state index in [1.54, 1.807) is 23.1 Å². The molecular formula is C30H37ClN2O5. The van der Waals surface area contributed by atoms with E-state index in [1.165, 1.54) is 0 Å². The number of hydrogen-bond donors (Lipinski definition) is 3. The molecule has 0 aromatic heterocycles. The lowest BCUT2D eigenvalue weighted by molar-refractivity contribution is -0.138. The number of carbonyl (C=O) groups excluding carboxylic acids is 2. The van der Waals surface area contributed by atoms with Crippen LogP contribution in [0.5, 0.6) is 5.75 Å². The number of nitrogens with one attached hydrogen (secondary N) is 1. The lowest BCUT2D eigenvalue weighted by atomic mass is 9.77. The zero-order valence-corrected chi connectivity index (χ0v) is 22.6. The number of aliphatic hydroxyl groups excluding tert-OH is 2. The summed E-state index contributed by atoms with van der Waals surface area (Å²) in [7, 11) is 0. The van der Waals surface area contributed by atoms with Crippen LogP contribution in [-0.2, 0) is 16.1 Å². The largest absolute Gasteiger partial charge is 0.486 e. The number of amides is 2. The molecule has 1 heterocycles. The molecule has 0 bridgehead atoms. The molecule has 8 heteroatoms. The van der Waals surface area contributed by atoms with Gasteiger partial charge in [-0.15, -0.1) is 0 Å². The van der Waals surface area contributed by atoms with E-state index in [0.29, 0.717) is 22.8 Å². The molecule has 0 fully saturated rings. The highest BCUT2D eigenvalue weighted by atomic mass is 35.5. The van der Waals surface area contributed by atoms with Gasteiger partial charge in [-0.3, -0.25) is 9.59 Å². The lowest BCUT2D eigenvalue weighted by Gasteiger charge is -2.41. The first-order valence-electron chi connectivity index (χ1n) is 13.5. The van der Waals surface area contributed by atoms with Gasteiger partial charge >= 0.3 is 0 Å². The Morgan fingerprint density at radius 1 is 1.05 bits per heavy atom. The minimum Gasteiger partial charge on any atom is -0.486 e. The molecule has 0 saturated carbocycles. The van der Waals surface area contributed by atoms with Gasteiger partial charge in [0, 0.05) is 35.7 Å². The van der Waals surface area contributed by atoms with E-state index in [0.717, 1.165) is 43.2 Å². The summed E-state index contributed by atoms with van der Waals surface area (Å²) in [5.74, 6) is -0.280.